The molecule has 6 nitrogen and oxygen atoms in total. The lowest BCUT2D eigenvalue weighted by Gasteiger charge is -2.18. The number of ether oxygens (including phenoxy) is 1. The van der Waals surface area contributed by atoms with Crippen LogP contribution < -0.4 is 5.73 Å². The Bertz CT molecular complexity index is 753. The number of carbonyl (C=O) groups is 1. The van der Waals surface area contributed by atoms with Gasteiger partial charge in [0.05, 0.1) is 18.4 Å². The first-order valence-corrected chi connectivity index (χ1v) is 7.86. The maximum atomic E-state index is 12.0. The van der Waals surface area contributed by atoms with Gasteiger partial charge in [0.25, 0.3) is 0 Å². The molecule has 0 bridgehead atoms. The van der Waals surface area contributed by atoms with Crippen molar-refractivity contribution in [2.45, 2.75) is 20.4 Å². The van der Waals surface area contributed by atoms with Crippen molar-refractivity contribution in [2.75, 3.05) is 25.9 Å². The van der Waals surface area contributed by atoms with E-state index in [1.165, 1.54) is 12.7 Å². The van der Waals surface area contributed by atoms with Crippen LogP contribution in [0.15, 0.2) is 30.5 Å². The smallest absolute Gasteiger partial charge is 0.357 e. The van der Waals surface area contributed by atoms with Gasteiger partial charge in [-0.2, -0.15) is 5.26 Å². The van der Waals surface area contributed by atoms with Crippen LogP contribution in [0, 0.1) is 11.3 Å². The zero-order valence-electron chi connectivity index (χ0n) is 14.2. The van der Waals surface area contributed by atoms with E-state index >= 15 is 0 Å². The van der Waals surface area contributed by atoms with E-state index in [0.717, 1.165) is 25.3 Å². The molecule has 2 aromatic rings. The number of esters is 1. The highest BCUT2D eigenvalue weighted by Gasteiger charge is 2.21. The average Bonchev–Trinajstić information content (AvgIpc) is 2.96. The number of nitrogen functional groups attached to an aromatic ring is 1. The van der Waals surface area contributed by atoms with Crippen molar-refractivity contribution in [3.63, 3.8) is 0 Å². The standard InChI is InChI=1S/C18H22N4O2/c1-4-21(5-2)11-13-6-8-15(9-7-13)22-12-14(10-19)16(20)17(22)18(23)24-3/h6-9,12H,4-5,11,20H2,1-3H3. The summed E-state index contributed by atoms with van der Waals surface area (Å²) < 4.78 is 6.38. The number of nitrogens with two attached hydrogens (primary N) is 1. The fraction of sp³-hybridized carbons (Fsp3) is 0.333. The van der Waals surface area contributed by atoms with Gasteiger partial charge in [-0.05, 0) is 30.8 Å². The second kappa shape index (κ2) is 7.66. The normalized spacial score (nSPS) is 10.6. The van der Waals surface area contributed by atoms with Crippen LogP contribution in [-0.4, -0.2) is 35.6 Å². The Labute approximate surface area is 142 Å². The number of nitriles is 1. The third kappa shape index (κ3) is 3.42. The molecule has 1 aromatic carbocycles. The van der Waals surface area contributed by atoms with Gasteiger partial charge in [0, 0.05) is 18.4 Å². The second-order valence-electron chi connectivity index (χ2n) is 5.41. The summed E-state index contributed by atoms with van der Waals surface area (Å²) in [4.78, 5) is 14.3. The van der Waals surface area contributed by atoms with Gasteiger partial charge in [-0.3, -0.25) is 4.90 Å². The Morgan fingerprint density at radius 2 is 1.92 bits per heavy atom. The van der Waals surface area contributed by atoms with Crippen LogP contribution in [0.1, 0.15) is 35.5 Å². The zero-order chi connectivity index (χ0) is 17.7. The molecule has 0 aliphatic carbocycles. The largest absolute Gasteiger partial charge is 0.464 e. The number of carbonyl (C=O) groups excluding carboxylic acids is 1. The number of hydrogen-bond acceptors (Lipinski definition) is 5. The monoisotopic (exact) mass is 326 g/mol. The molecule has 126 valence electrons. The van der Waals surface area contributed by atoms with Crippen molar-refractivity contribution in [3.05, 3.63) is 47.3 Å². The lowest BCUT2D eigenvalue weighted by molar-refractivity contribution is 0.0593. The van der Waals surface area contributed by atoms with Gasteiger partial charge in [0.2, 0.25) is 0 Å². The van der Waals surface area contributed by atoms with Crippen molar-refractivity contribution < 1.29 is 9.53 Å². The lowest BCUT2D eigenvalue weighted by atomic mass is 10.2. The molecule has 0 saturated heterocycles. The molecule has 2 rings (SSSR count). The highest BCUT2D eigenvalue weighted by Crippen LogP contribution is 2.25. The molecule has 0 unspecified atom stereocenters. The summed E-state index contributed by atoms with van der Waals surface area (Å²) in [6.07, 6.45) is 1.56. The predicted octanol–water partition coefficient (Wildman–Crippen LogP) is 2.56. The van der Waals surface area contributed by atoms with Crippen LogP contribution in [0.25, 0.3) is 5.69 Å². The summed E-state index contributed by atoms with van der Waals surface area (Å²) in [6.45, 7) is 7.11. The SMILES string of the molecule is CCN(CC)Cc1ccc(-n2cc(C#N)c(N)c2C(=O)OC)cc1. The minimum Gasteiger partial charge on any atom is -0.464 e. The summed E-state index contributed by atoms with van der Waals surface area (Å²) in [5, 5.41) is 9.15. The quantitative estimate of drug-likeness (QED) is 0.825. The fourth-order valence-electron chi connectivity index (χ4n) is 2.59. The van der Waals surface area contributed by atoms with Gasteiger partial charge < -0.3 is 15.0 Å². The third-order valence-corrected chi connectivity index (χ3v) is 4.06. The Morgan fingerprint density at radius 1 is 1.29 bits per heavy atom. The van der Waals surface area contributed by atoms with Crippen LogP contribution in [0.2, 0.25) is 0 Å². The molecule has 0 saturated carbocycles. The average molecular weight is 326 g/mol. The molecule has 0 aliphatic heterocycles. The van der Waals surface area contributed by atoms with Crippen LogP contribution in [-0.2, 0) is 11.3 Å². The van der Waals surface area contributed by atoms with E-state index in [1.807, 2.05) is 30.3 Å². The summed E-state index contributed by atoms with van der Waals surface area (Å²) in [5.74, 6) is -0.568. The maximum Gasteiger partial charge on any atom is 0.357 e. The first-order chi connectivity index (χ1) is 11.5. The molecule has 0 amide bonds. The van der Waals surface area contributed by atoms with Gasteiger partial charge in [0.1, 0.15) is 6.07 Å². The van der Waals surface area contributed by atoms with Crippen LogP contribution in [0.5, 0.6) is 0 Å². The molecular formula is C18H22N4O2. The molecule has 1 heterocycles. The highest BCUT2D eigenvalue weighted by atomic mass is 16.5. The molecule has 0 fully saturated rings. The van der Waals surface area contributed by atoms with E-state index in [-0.39, 0.29) is 16.9 Å². The van der Waals surface area contributed by atoms with Crippen molar-refractivity contribution in [2.24, 2.45) is 0 Å². The van der Waals surface area contributed by atoms with Gasteiger partial charge in [-0.1, -0.05) is 26.0 Å². The lowest BCUT2D eigenvalue weighted by Crippen LogP contribution is -2.22. The van der Waals surface area contributed by atoms with Gasteiger partial charge in [-0.25, -0.2) is 4.79 Å². The molecule has 1 aromatic heterocycles. The third-order valence-electron chi connectivity index (χ3n) is 4.06. The van der Waals surface area contributed by atoms with Crippen molar-refractivity contribution in [3.8, 4) is 11.8 Å². The maximum absolute atomic E-state index is 12.0. The van der Waals surface area contributed by atoms with E-state index in [9.17, 15) is 4.79 Å². The van der Waals surface area contributed by atoms with Crippen molar-refractivity contribution >= 4 is 11.7 Å². The predicted molar refractivity (Wildman–Crippen MR) is 92.9 cm³/mol. The van der Waals surface area contributed by atoms with Crippen molar-refractivity contribution in [1.82, 2.24) is 9.47 Å². The molecule has 0 radical (unpaired) electrons. The number of anilines is 1. The van der Waals surface area contributed by atoms with E-state index in [1.54, 1.807) is 10.8 Å². The van der Waals surface area contributed by atoms with E-state index in [0.29, 0.717) is 0 Å². The summed E-state index contributed by atoms with van der Waals surface area (Å²) >= 11 is 0. The van der Waals surface area contributed by atoms with E-state index < -0.39 is 5.97 Å². The van der Waals surface area contributed by atoms with Gasteiger partial charge in [0.15, 0.2) is 5.69 Å². The number of rotatable bonds is 6. The van der Waals surface area contributed by atoms with Gasteiger partial charge in [-0.15, -0.1) is 0 Å². The summed E-state index contributed by atoms with van der Waals surface area (Å²) in [6, 6.07) is 9.84. The Kier molecular flexibility index (Phi) is 5.61. The second-order valence-corrected chi connectivity index (χ2v) is 5.41. The molecule has 0 aliphatic rings. The number of methoxy groups -OCH3 is 1. The van der Waals surface area contributed by atoms with E-state index in [4.69, 9.17) is 15.7 Å². The highest BCUT2D eigenvalue weighted by molar-refractivity contribution is 5.95. The Hall–Kier alpha value is -2.78. The fourth-order valence-corrected chi connectivity index (χ4v) is 2.59. The minimum absolute atomic E-state index is 0.136. The minimum atomic E-state index is -0.568. The number of hydrogen-bond donors (Lipinski definition) is 1. The van der Waals surface area contributed by atoms with Gasteiger partial charge >= 0.3 is 5.97 Å². The summed E-state index contributed by atoms with van der Waals surface area (Å²) in [5.41, 5.74) is 8.41. The molecular weight excluding hydrogens is 304 g/mol. The Morgan fingerprint density at radius 3 is 2.42 bits per heavy atom. The summed E-state index contributed by atoms with van der Waals surface area (Å²) in [7, 11) is 1.29. The molecule has 2 N–H and O–H groups in total. The molecule has 0 spiro atoms. The Balaban J connectivity index is 2.39. The zero-order valence-corrected chi connectivity index (χ0v) is 14.2. The molecule has 0 atom stereocenters. The van der Waals surface area contributed by atoms with Crippen LogP contribution in [0.3, 0.4) is 0 Å². The number of nitrogens with zero attached hydrogens (tertiary/aromatic N) is 3. The molecule has 6 heteroatoms. The first-order valence-electron chi connectivity index (χ1n) is 7.86. The van der Waals surface area contributed by atoms with E-state index in [2.05, 4.69) is 18.7 Å². The molecule has 24 heavy (non-hydrogen) atoms. The number of aromatic nitrogens is 1. The number of benzene rings is 1. The van der Waals surface area contributed by atoms with Crippen LogP contribution >= 0.6 is 0 Å². The van der Waals surface area contributed by atoms with Crippen LogP contribution in [0.4, 0.5) is 5.69 Å². The van der Waals surface area contributed by atoms with Crippen molar-refractivity contribution in [1.29, 1.82) is 5.26 Å². The topological polar surface area (TPSA) is 84.3 Å². The first kappa shape index (κ1) is 17.6.